The number of ether oxygens (including phenoxy) is 1. The summed E-state index contributed by atoms with van der Waals surface area (Å²) < 4.78 is 5.92. The number of nitrogens with two attached hydrogens (primary N) is 1. The quantitative estimate of drug-likeness (QED) is 0.923. The molecule has 1 aliphatic carbocycles. The van der Waals surface area contributed by atoms with Gasteiger partial charge in [0.2, 0.25) is 0 Å². The maximum Gasteiger partial charge on any atom is 0.119 e. The molecular formula is C19H23NO. The van der Waals surface area contributed by atoms with Crippen molar-refractivity contribution >= 4 is 0 Å². The largest absolute Gasteiger partial charge is 0.492 e. The summed E-state index contributed by atoms with van der Waals surface area (Å²) >= 11 is 0. The molecule has 110 valence electrons. The first kappa shape index (κ1) is 14.2. The SMILES string of the molecule is Cc1ccc(C)c(C(N)COc2ccc3c(c2)CCC3)c1. The number of hydrogen-bond donors (Lipinski definition) is 1. The predicted molar refractivity (Wildman–Crippen MR) is 86.8 cm³/mol. The van der Waals surface area contributed by atoms with E-state index in [4.69, 9.17) is 10.5 Å². The summed E-state index contributed by atoms with van der Waals surface area (Å²) in [7, 11) is 0. The molecule has 0 radical (unpaired) electrons. The number of rotatable bonds is 4. The minimum Gasteiger partial charge on any atom is -0.492 e. The van der Waals surface area contributed by atoms with Crippen molar-refractivity contribution in [3.8, 4) is 5.75 Å². The van der Waals surface area contributed by atoms with Crippen LogP contribution in [0.4, 0.5) is 0 Å². The third-order valence-electron chi connectivity index (χ3n) is 4.33. The third kappa shape index (κ3) is 3.11. The highest BCUT2D eigenvalue weighted by atomic mass is 16.5. The van der Waals surface area contributed by atoms with Crippen LogP contribution in [-0.2, 0) is 12.8 Å². The van der Waals surface area contributed by atoms with Crippen LogP contribution in [0.3, 0.4) is 0 Å². The highest BCUT2D eigenvalue weighted by Gasteiger charge is 2.13. The molecule has 0 saturated heterocycles. The van der Waals surface area contributed by atoms with Gasteiger partial charge in [-0.05, 0) is 67.5 Å². The minimum atomic E-state index is -0.0850. The minimum absolute atomic E-state index is 0.0850. The van der Waals surface area contributed by atoms with Gasteiger partial charge >= 0.3 is 0 Å². The van der Waals surface area contributed by atoms with Gasteiger partial charge in [0.25, 0.3) is 0 Å². The van der Waals surface area contributed by atoms with Gasteiger partial charge < -0.3 is 10.5 Å². The van der Waals surface area contributed by atoms with E-state index in [1.54, 1.807) is 0 Å². The smallest absolute Gasteiger partial charge is 0.119 e. The molecule has 0 fully saturated rings. The Bertz CT molecular complexity index is 648. The molecule has 2 N–H and O–H groups in total. The molecule has 3 rings (SSSR count). The lowest BCUT2D eigenvalue weighted by Gasteiger charge is -2.17. The second-order valence-corrected chi connectivity index (χ2v) is 6.06. The van der Waals surface area contributed by atoms with Gasteiger partial charge in [0, 0.05) is 0 Å². The van der Waals surface area contributed by atoms with Crippen molar-refractivity contribution in [3.05, 3.63) is 64.2 Å². The summed E-state index contributed by atoms with van der Waals surface area (Å²) in [5.41, 5.74) is 12.9. The molecule has 0 heterocycles. The van der Waals surface area contributed by atoms with Gasteiger partial charge in [-0.2, -0.15) is 0 Å². The molecule has 0 aliphatic heterocycles. The zero-order chi connectivity index (χ0) is 14.8. The normalized spacial score (nSPS) is 14.8. The van der Waals surface area contributed by atoms with Crippen LogP contribution in [0, 0.1) is 13.8 Å². The van der Waals surface area contributed by atoms with Crippen LogP contribution in [0.15, 0.2) is 36.4 Å². The third-order valence-corrected chi connectivity index (χ3v) is 4.33. The Labute approximate surface area is 126 Å². The van der Waals surface area contributed by atoms with Crippen LogP contribution in [0.1, 0.15) is 40.3 Å². The highest BCUT2D eigenvalue weighted by molar-refractivity contribution is 5.38. The van der Waals surface area contributed by atoms with Gasteiger partial charge in [-0.25, -0.2) is 0 Å². The molecule has 2 aromatic carbocycles. The van der Waals surface area contributed by atoms with Crippen LogP contribution < -0.4 is 10.5 Å². The van der Waals surface area contributed by atoms with Gasteiger partial charge in [0.05, 0.1) is 6.04 Å². The lowest BCUT2D eigenvalue weighted by molar-refractivity contribution is 0.290. The van der Waals surface area contributed by atoms with E-state index in [0.717, 1.165) is 5.75 Å². The van der Waals surface area contributed by atoms with E-state index in [1.807, 2.05) is 0 Å². The maximum absolute atomic E-state index is 6.30. The Morgan fingerprint density at radius 3 is 2.71 bits per heavy atom. The van der Waals surface area contributed by atoms with Crippen LogP contribution in [-0.4, -0.2) is 6.61 Å². The lowest BCUT2D eigenvalue weighted by Crippen LogP contribution is -2.20. The van der Waals surface area contributed by atoms with Crippen molar-refractivity contribution in [2.75, 3.05) is 6.61 Å². The fourth-order valence-corrected chi connectivity index (χ4v) is 3.07. The van der Waals surface area contributed by atoms with Crippen molar-refractivity contribution in [1.29, 1.82) is 0 Å². The van der Waals surface area contributed by atoms with E-state index < -0.39 is 0 Å². The summed E-state index contributed by atoms with van der Waals surface area (Å²) in [5.74, 6) is 0.941. The fraction of sp³-hybridized carbons (Fsp3) is 0.368. The van der Waals surface area contributed by atoms with E-state index in [-0.39, 0.29) is 6.04 Å². The van der Waals surface area contributed by atoms with Gasteiger partial charge in [-0.1, -0.05) is 29.8 Å². The van der Waals surface area contributed by atoms with Gasteiger partial charge in [-0.15, -0.1) is 0 Å². The van der Waals surface area contributed by atoms with Crippen LogP contribution in [0.5, 0.6) is 5.75 Å². The average molecular weight is 281 g/mol. The Balaban J connectivity index is 1.68. The topological polar surface area (TPSA) is 35.2 Å². The fourth-order valence-electron chi connectivity index (χ4n) is 3.07. The standard InChI is InChI=1S/C19H23NO/c1-13-6-7-14(2)18(10-13)19(20)12-21-17-9-8-15-4-3-5-16(15)11-17/h6-11,19H,3-5,12,20H2,1-2H3. The predicted octanol–water partition coefficient (Wildman–Crippen LogP) is 3.87. The molecule has 21 heavy (non-hydrogen) atoms. The molecule has 1 unspecified atom stereocenters. The molecule has 0 bridgehead atoms. The molecule has 0 saturated carbocycles. The monoisotopic (exact) mass is 281 g/mol. The molecule has 2 heteroatoms. The zero-order valence-corrected chi connectivity index (χ0v) is 12.9. The van der Waals surface area contributed by atoms with E-state index in [2.05, 4.69) is 50.2 Å². The maximum atomic E-state index is 6.30. The first-order valence-corrected chi connectivity index (χ1v) is 7.71. The van der Waals surface area contributed by atoms with E-state index in [9.17, 15) is 0 Å². The van der Waals surface area contributed by atoms with Crippen molar-refractivity contribution in [2.45, 2.75) is 39.2 Å². The van der Waals surface area contributed by atoms with Crippen LogP contribution in [0.25, 0.3) is 0 Å². The molecule has 1 atom stereocenters. The molecule has 0 amide bonds. The molecule has 1 aliphatic rings. The zero-order valence-electron chi connectivity index (χ0n) is 12.9. The highest BCUT2D eigenvalue weighted by Crippen LogP contribution is 2.26. The van der Waals surface area contributed by atoms with E-state index in [1.165, 1.54) is 47.1 Å². The van der Waals surface area contributed by atoms with Crippen LogP contribution in [0.2, 0.25) is 0 Å². The number of hydrogen-bond acceptors (Lipinski definition) is 2. The number of fused-ring (bicyclic) bond motifs is 1. The molecular weight excluding hydrogens is 258 g/mol. The van der Waals surface area contributed by atoms with E-state index >= 15 is 0 Å². The Morgan fingerprint density at radius 2 is 1.86 bits per heavy atom. The molecule has 0 aromatic heterocycles. The molecule has 0 spiro atoms. The second-order valence-electron chi connectivity index (χ2n) is 6.06. The van der Waals surface area contributed by atoms with Crippen molar-refractivity contribution in [1.82, 2.24) is 0 Å². The van der Waals surface area contributed by atoms with Gasteiger partial charge in [0.15, 0.2) is 0 Å². The molecule has 2 nitrogen and oxygen atoms in total. The van der Waals surface area contributed by atoms with Crippen molar-refractivity contribution < 1.29 is 4.74 Å². The average Bonchev–Trinajstić information content (AvgIpc) is 2.94. The van der Waals surface area contributed by atoms with E-state index in [0.29, 0.717) is 6.61 Å². The second kappa shape index (κ2) is 5.90. The number of aryl methyl sites for hydroxylation is 4. The van der Waals surface area contributed by atoms with Crippen molar-refractivity contribution in [3.63, 3.8) is 0 Å². The summed E-state index contributed by atoms with van der Waals surface area (Å²) in [6, 6.07) is 12.8. The van der Waals surface area contributed by atoms with Gasteiger partial charge in [0.1, 0.15) is 12.4 Å². The number of benzene rings is 2. The summed E-state index contributed by atoms with van der Waals surface area (Å²) in [6.07, 6.45) is 3.65. The summed E-state index contributed by atoms with van der Waals surface area (Å²) in [5, 5.41) is 0. The first-order valence-electron chi connectivity index (χ1n) is 7.71. The Kier molecular flexibility index (Phi) is 3.98. The summed E-state index contributed by atoms with van der Waals surface area (Å²) in [6.45, 7) is 4.71. The molecule has 2 aromatic rings. The van der Waals surface area contributed by atoms with Crippen molar-refractivity contribution in [2.24, 2.45) is 5.73 Å². The van der Waals surface area contributed by atoms with Gasteiger partial charge in [-0.3, -0.25) is 0 Å². The Hall–Kier alpha value is -1.80. The summed E-state index contributed by atoms with van der Waals surface area (Å²) in [4.78, 5) is 0. The Morgan fingerprint density at radius 1 is 1.05 bits per heavy atom. The van der Waals surface area contributed by atoms with Crippen LogP contribution >= 0.6 is 0 Å². The lowest BCUT2D eigenvalue weighted by atomic mass is 10.00. The first-order chi connectivity index (χ1) is 10.1.